The fraction of sp³-hybridized carbons (Fsp3) is 0.588. The number of anilines is 1. The fourth-order valence-electron chi connectivity index (χ4n) is 3.10. The minimum absolute atomic E-state index is 0.277. The van der Waals surface area contributed by atoms with Crippen molar-refractivity contribution in [2.24, 2.45) is 5.92 Å². The van der Waals surface area contributed by atoms with Crippen LogP contribution in [0.1, 0.15) is 35.7 Å². The van der Waals surface area contributed by atoms with Crippen molar-refractivity contribution < 1.29 is 9.53 Å². The first kappa shape index (κ1) is 15.8. The molecule has 1 heterocycles. The molecular formula is C17H26N2O2. The number of hydrogen-bond acceptors (Lipinski definition) is 4. The molecule has 0 bridgehead atoms. The van der Waals surface area contributed by atoms with Gasteiger partial charge in [-0.05, 0) is 63.9 Å². The quantitative estimate of drug-likeness (QED) is 0.866. The molecule has 1 saturated heterocycles. The fourth-order valence-corrected chi connectivity index (χ4v) is 3.10. The van der Waals surface area contributed by atoms with Crippen LogP contribution in [0, 0.1) is 12.8 Å². The zero-order chi connectivity index (χ0) is 15.4. The summed E-state index contributed by atoms with van der Waals surface area (Å²) < 4.78 is 4.83. The van der Waals surface area contributed by atoms with Gasteiger partial charge >= 0.3 is 5.97 Å². The molecule has 2 unspecified atom stereocenters. The molecule has 1 aromatic carbocycles. The van der Waals surface area contributed by atoms with E-state index >= 15 is 0 Å². The number of esters is 1. The van der Waals surface area contributed by atoms with Crippen LogP contribution in [-0.4, -0.2) is 44.2 Å². The lowest BCUT2D eigenvalue weighted by Crippen LogP contribution is -2.40. The van der Waals surface area contributed by atoms with Gasteiger partial charge in [-0.25, -0.2) is 4.79 Å². The van der Waals surface area contributed by atoms with Crippen LogP contribution in [0.2, 0.25) is 0 Å². The van der Waals surface area contributed by atoms with Crippen LogP contribution >= 0.6 is 0 Å². The summed E-state index contributed by atoms with van der Waals surface area (Å²) in [5.74, 6) is 0.367. The topological polar surface area (TPSA) is 41.6 Å². The lowest BCUT2D eigenvalue weighted by molar-refractivity contribution is 0.0600. The second kappa shape index (κ2) is 6.94. The summed E-state index contributed by atoms with van der Waals surface area (Å²) in [6.45, 7) is 6.52. The van der Waals surface area contributed by atoms with Crippen LogP contribution in [0.15, 0.2) is 18.2 Å². The average Bonchev–Trinajstić information content (AvgIpc) is 2.48. The standard InChI is InChI=1S/C17H26N2O2/c1-12-15(17(20)21-4)8-5-9-16(12)18-13(2)14-7-6-10-19(3)11-14/h5,8-9,13-14,18H,6-7,10-11H2,1-4H3. The number of nitrogens with one attached hydrogen (secondary N) is 1. The van der Waals surface area contributed by atoms with E-state index in [1.165, 1.54) is 26.5 Å². The smallest absolute Gasteiger partial charge is 0.338 e. The summed E-state index contributed by atoms with van der Waals surface area (Å²) in [5.41, 5.74) is 2.62. The summed E-state index contributed by atoms with van der Waals surface area (Å²) in [6, 6.07) is 6.14. The van der Waals surface area contributed by atoms with Gasteiger partial charge in [0.1, 0.15) is 0 Å². The van der Waals surface area contributed by atoms with Crippen molar-refractivity contribution in [1.29, 1.82) is 0 Å². The zero-order valence-electron chi connectivity index (χ0n) is 13.5. The maximum Gasteiger partial charge on any atom is 0.338 e. The van der Waals surface area contributed by atoms with Gasteiger partial charge in [0.2, 0.25) is 0 Å². The van der Waals surface area contributed by atoms with Crippen LogP contribution in [-0.2, 0) is 4.74 Å². The van der Waals surface area contributed by atoms with Gasteiger partial charge in [-0.3, -0.25) is 0 Å². The Bertz CT molecular complexity index is 502. The van der Waals surface area contributed by atoms with Crippen LogP contribution in [0.4, 0.5) is 5.69 Å². The predicted molar refractivity (Wildman–Crippen MR) is 85.8 cm³/mol. The average molecular weight is 290 g/mol. The van der Waals surface area contributed by atoms with Crippen molar-refractivity contribution in [1.82, 2.24) is 4.90 Å². The second-order valence-electron chi connectivity index (χ2n) is 6.07. The first-order valence-corrected chi connectivity index (χ1v) is 7.66. The Morgan fingerprint density at radius 2 is 2.24 bits per heavy atom. The molecule has 1 aliphatic heterocycles. The first-order chi connectivity index (χ1) is 10.0. The molecule has 0 spiro atoms. The van der Waals surface area contributed by atoms with E-state index in [-0.39, 0.29) is 5.97 Å². The lowest BCUT2D eigenvalue weighted by Gasteiger charge is -2.34. The highest BCUT2D eigenvalue weighted by atomic mass is 16.5. The molecule has 1 N–H and O–H groups in total. The largest absolute Gasteiger partial charge is 0.465 e. The van der Waals surface area contributed by atoms with Gasteiger partial charge in [0, 0.05) is 18.3 Å². The number of ether oxygens (including phenoxy) is 1. The molecule has 0 radical (unpaired) electrons. The van der Waals surface area contributed by atoms with Crippen molar-refractivity contribution in [3.8, 4) is 0 Å². The number of carbonyl (C=O) groups excluding carboxylic acids is 1. The van der Waals surface area contributed by atoms with Crippen LogP contribution < -0.4 is 5.32 Å². The summed E-state index contributed by atoms with van der Waals surface area (Å²) in [6.07, 6.45) is 2.52. The predicted octanol–water partition coefficient (Wildman–Crippen LogP) is 2.92. The number of methoxy groups -OCH3 is 1. The molecule has 1 fully saturated rings. The molecule has 21 heavy (non-hydrogen) atoms. The third-order valence-corrected chi connectivity index (χ3v) is 4.49. The van der Waals surface area contributed by atoms with E-state index in [0.29, 0.717) is 17.5 Å². The molecular weight excluding hydrogens is 264 g/mol. The van der Waals surface area contributed by atoms with Crippen molar-refractivity contribution in [2.75, 3.05) is 32.6 Å². The highest BCUT2D eigenvalue weighted by Gasteiger charge is 2.23. The normalized spacial score (nSPS) is 20.9. The lowest BCUT2D eigenvalue weighted by atomic mass is 9.91. The second-order valence-corrected chi connectivity index (χ2v) is 6.07. The van der Waals surface area contributed by atoms with Gasteiger partial charge < -0.3 is 15.0 Å². The van der Waals surface area contributed by atoms with E-state index < -0.39 is 0 Å². The zero-order valence-corrected chi connectivity index (χ0v) is 13.5. The highest BCUT2D eigenvalue weighted by Crippen LogP contribution is 2.25. The van der Waals surface area contributed by atoms with E-state index in [1.54, 1.807) is 0 Å². The monoisotopic (exact) mass is 290 g/mol. The number of piperidine rings is 1. The molecule has 0 aliphatic carbocycles. The molecule has 0 aromatic heterocycles. The van der Waals surface area contributed by atoms with Gasteiger partial charge in [0.05, 0.1) is 12.7 Å². The Balaban J connectivity index is 2.10. The molecule has 2 atom stereocenters. The molecule has 0 saturated carbocycles. The van der Waals surface area contributed by atoms with E-state index in [2.05, 4.69) is 24.2 Å². The first-order valence-electron chi connectivity index (χ1n) is 7.66. The minimum atomic E-state index is -0.277. The Labute approximate surface area is 127 Å². The summed E-state index contributed by atoms with van der Waals surface area (Å²) in [5, 5.41) is 3.59. The third-order valence-electron chi connectivity index (χ3n) is 4.49. The van der Waals surface area contributed by atoms with Crippen molar-refractivity contribution in [3.63, 3.8) is 0 Å². The van der Waals surface area contributed by atoms with Crippen LogP contribution in [0.25, 0.3) is 0 Å². The Morgan fingerprint density at radius 1 is 1.48 bits per heavy atom. The third kappa shape index (κ3) is 3.76. The molecule has 116 valence electrons. The summed E-state index contributed by atoms with van der Waals surface area (Å²) in [4.78, 5) is 14.2. The maximum atomic E-state index is 11.8. The summed E-state index contributed by atoms with van der Waals surface area (Å²) in [7, 11) is 3.60. The van der Waals surface area contributed by atoms with Gasteiger partial charge in [0.25, 0.3) is 0 Å². The van der Waals surface area contributed by atoms with E-state index in [0.717, 1.165) is 17.8 Å². The number of carbonyl (C=O) groups is 1. The number of likely N-dealkylation sites (tertiary alicyclic amines) is 1. The number of hydrogen-bond donors (Lipinski definition) is 1. The number of benzene rings is 1. The van der Waals surface area contributed by atoms with Crippen molar-refractivity contribution in [3.05, 3.63) is 29.3 Å². The Kier molecular flexibility index (Phi) is 5.23. The van der Waals surface area contributed by atoms with Crippen LogP contribution in [0.5, 0.6) is 0 Å². The molecule has 4 nitrogen and oxygen atoms in total. The minimum Gasteiger partial charge on any atom is -0.465 e. The summed E-state index contributed by atoms with van der Waals surface area (Å²) >= 11 is 0. The van der Waals surface area contributed by atoms with Crippen molar-refractivity contribution >= 4 is 11.7 Å². The molecule has 4 heteroatoms. The molecule has 0 amide bonds. The van der Waals surface area contributed by atoms with Crippen LogP contribution in [0.3, 0.4) is 0 Å². The number of nitrogens with zero attached hydrogens (tertiary/aromatic N) is 1. The Morgan fingerprint density at radius 3 is 2.90 bits per heavy atom. The number of rotatable bonds is 4. The van der Waals surface area contributed by atoms with Crippen molar-refractivity contribution in [2.45, 2.75) is 32.7 Å². The maximum absolute atomic E-state index is 11.8. The Hall–Kier alpha value is -1.55. The van der Waals surface area contributed by atoms with Gasteiger partial charge in [-0.15, -0.1) is 0 Å². The molecule has 1 aromatic rings. The van der Waals surface area contributed by atoms with Gasteiger partial charge in [-0.1, -0.05) is 6.07 Å². The molecule has 2 rings (SSSR count). The SMILES string of the molecule is COC(=O)c1cccc(NC(C)C2CCCN(C)C2)c1C. The van der Waals surface area contributed by atoms with Gasteiger partial charge in [-0.2, -0.15) is 0 Å². The van der Waals surface area contributed by atoms with E-state index in [1.807, 2.05) is 25.1 Å². The van der Waals surface area contributed by atoms with E-state index in [9.17, 15) is 4.79 Å². The van der Waals surface area contributed by atoms with Gasteiger partial charge in [0.15, 0.2) is 0 Å². The molecule has 1 aliphatic rings. The highest BCUT2D eigenvalue weighted by molar-refractivity contribution is 5.92. The van der Waals surface area contributed by atoms with E-state index in [4.69, 9.17) is 4.74 Å².